The monoisotopic (exact) mass is 403 g/mol. The number of hydrogen-bond acceptors (Lipinski definition) is 5. The van der Waals surface area contributed by atoms with E-state index >= 15 is 0 Å². The Balaban J connectivity index is 1.95. The standard InChI is InChI=1S/C18H26ClNO5S/c1-2-3-4-10-26(22,23)13-18(21)20-16-11-14(19)7-8-17(16)25-12-15-6-5-9-24-15/h7-8,11,15H,2-6,9-10,12-13H2,1H3,(H,20,21). The van der Waals surface area contributed by atoms with Crippen LogP contribution < -0.4 is 10.1 Å². The van der Waals surface area contributed by atoms with Gasteiger partial charge in [-0.05, 0) is 37.5 Å². The van der Waals surface area contributed by atoms with E-state index in [2.05, 4.69) is 5.32 Å². The van der Waals surface area contributed by atoms with Crippen LogP contribution >= 0.6 is 11.6 Å². The second-order valence-corrected chi connectivity index (χ2v) is 9.05. The van der Waals surface area contributed by atoms with Crippen molar-refractivity contribution in [3.63, 3.8) is 0 Å². The Kier molecular flexibility index (Phi) is 8.18. The number of ether oxygens (including phenoxy) is 2. The first-order valence-corrected chi connectivity index (χ1v) is 11.1. The lowest BCUT2D eigenvalue weighted by Gasteiger charge is -2.15. The maximum atomic E-state index is 12.2. The zero-order valence-corrected chi connectivity index (χ0v) is 16.6. The summed E-state index contributed by atoms with van der Waals surface area (Å²) in [6.45, 7) is 3.10. The van der Waals surface area contributed by atoms with Gasteiger partial charge in [-0.15, -0.1) is 0 Å². The number of anilines is 1. The molecule has 1 saturated heterocycles. The topological polar surface area (TPSA) is 81.7 Å². The molecule has 1 fully saturated rings. The van der Waals surface area contributed by atoms with Crippen molar-refractivity contribution in [1.82, 2.24) is 0 Å². The first-order valence-electron chi connectivity index (χ1n) is 8.94. The summed E-state index contributed by atoms with van der Waals surface area (Å²) in [4.78, 5) is 12.2. The van der Waals surface area contributed by atoms with E-state index in [9.17, 15) is 13.2 Å². The van der Waals surface area contributed by atoms with Gasteiger partial charge in [0.25, 0.3) is 0 Å². The highest BCUT2D eigenvalue weighted by Gasteiger charge is 2.20. The summed E-state index contributed by atoms with van der Waals surface area (Å²) in [5.41, 5.74) is 0.365. The second kappa shape index (κ2) is 10.1. The van der Waals surface area contributed by atoms with Crippen LogP contribution in [0.15, 0.2) is 18.2 Å². The van der Waals surface area contributed by atoms with E-state index in [4.69, 9.17) is 21.1 Å². The fourth-order valence-electron chi connectivity index (χ4n) is 2.71. The van der Waals surface area contributed by atoms with E-state index in [0.29, 0.717) is 29.5 Å². The quantitative estimate of drug-likeness (QED) is 0.605. The number of carbonyl (C=O) groups is 1. The fraction of sp³-hybridized carbons (Fsp3) is 0.611. The van der Waals surface area contributed by atoms with Gasteiger partial charge in [-0.2, -0.15) is 0 Å². The molecule has 0 aliphatic carbocycles. The Morgan fingerprint density at radius 2 is 2.19 bits per heavy atom. The molecule has 1 aliphatic rings. The van der Waals surface area contributed by atoms with Gasteiger partial charge in [0.1, 0.15) is 18.1 Å². The number of benzene rings is 1. The molecule has 1 aromatic carbocycles. The Morgan fingerprint density at radius 1 is 1.38 bits per heavy atom. The van der Waals surface area contributed by atoms with Crippen LogP contribution in [0.1, 0.15) is 39.0 Å². The van der Waals surface area contributed by atoms with Crippen LogP contribution in [0.4, 0.5) is 5.69 Å². The highest BCUT2D eigenvalue weighted by Crippen LogP contribution is 2.29. The molecular weight excluding hydrogens is 378 g/mol. The molecule has 146 valence electrons. The number of sulfone groups is 1. The van der Waals surface area contributed by atoms with Crippen LogP contribution in [-0.4, -0.2) is 45.1 Å². The predicted octanol–water partition coefficient (Wildman–Crippen LogP) is 3.44. The van der Waals surface area contributed by atoms with Crippen LogP contribution in [0, 0.1) is 0 Å². The highest BCUT2D eigenvalue weighted by atomic mass is 35.5. The van der Waals surface area contributed by atoms with Crippen LogP contribution in [-0.2, 0) is 19.4 Å². The summed E-state index contributed by atoms with van der Waals surface area (Å²) in [5, 5.41) is 3.03. The summed E-state index contributed by atoms with van der Waals surface area (Å²) in [5.74, 6) is -0.673. The Labute approximate surface area is 160 Å². The minimum atomic E-state index is -3.43. The predicted molar refractivity (Wildman–Crippen MR) is 103 cm³/mol. The molecule has 2 rings (SSSR count). The largest absolute Gasteiger partial charge is 0.489 e. The molecule has 0 radical (unpaired) electrons. The lowest BCUT2D eigenvalue weighted by Crippen LogP contribution is -2.25. The van der Waals surface area contributed by atoms with E-state index in [0.717, 1.165) is 32.3 Å². The maximum Gasteiger partial charge on any atom is 0.239 e. The third-order valence-corrected chi connectivity index (χ3v) is 5.92. The Bertz CT molecular complexity index is 702. The SMILES string of the molecule is CCCCCS(=O)(=O)CC(=O)Nc1cc(Cl)ccc1OCC1CCCO1. The van der Waals surface area contributed by atoms with Crippen LogP contribution in [0.25, 0.3) is 0 Å². The average molecular weight is 404 g/mol. The fourth-order valence-corrected chi connectivity index (χ4v) is 4.15. The zero-order chi connectivity index (χ0) is 19.0. The smallest absolute Gasteiger partial charge is 0.239 e. The first-order chi connectivity index (χ1) is 12.4. The molecule has 0 bridgehead atoms. The Hall–Kier alpha value is -1.31. The molecule has 6 nitrogen and oxygen atoms in total. The van der Waals surface area contributed by atoms with Gasteiger partial charge in [0.05, 0.1) is 17.5 Å². The number of halogens is 1. The Morgan fingerprint density at radius 3 is 2.88 bits per heavy atom. The van der Waals surface area contributed by atoms with E-state index < -0.39 is 21.5 Å². The van der Waals surface area contributed by atoms with Crippen molar-refractivity contribution in [1.29, 1.82) is 0 Å². The number of amides is 1. The molecule has 1 aromatic rings. The molecular formula is C18H26ClNO5S. The number of unbranched alkanes of at least 4 members (excludes halogenated alkanes) is 2. The molecule has 0 aromatic heterocycles. The van der Waals surface area contributed by atoms with Crippen molar-refractivity contribution < 1.29 is 22.7 Å². The van der Waals surface area contributed by atoms with E-state index in [1.54, 1.807) is 18.2 Å². The zero-order valence-electron chi connectivity index (χ0n) is 15.0. The van der Waals surface area contributed by atoms with Gasteiger partial charge >= 0.3 is 0 Å². The maximum absolute atomic E-state index is 12.2. The molecule has 8 heteroatoms. The van der Waals surface area contributed by atoms with E-state index in [1.165, 1.54) is 0 Å². The van der Waals surface area contributed by atoms with Crippen molar-refractivity contribution in [3.8, 4) is 5.75 Å². The van der Waals surface area contributed by atoms with Crippen molar-refractivity contribution >= 4 is 33.0 Å². The molecule has 0 saturated carbocycles. The molecule has 0 spiro atoms. The van der Waals surface area contributed by atoms with Crippen molar-refractivity contribution in [3.05, 3.63) is 23.2 Å². The van der Waals surface area contributed by atoms with Crippen LogP contribution in [0.5, 0.6) is 5.75 Å². The minimum absolute atomic E-state index is 0.0200. The average Bonchev–Trinajstić information content (AvgIpc) is 3.07. The summed E-state index contributed by atoms with van der Waals surface area (Å²) in [6.07, 6.45) is 4.30. The van der Waals surface area contributed by atoms with E-state index in [1.807, 2.05) is 6.92 Å². The lowest BCUT2D eigenvalue weighted by atomic mass is 10.2. The van der Waals surface area contributed by atoms with Crippen LogP contribution in [0.2, 0.25) is 5.02 Å². The van der Waals surface area contributed by atoms with Crippen molar-refractivity contribution in [2.45, 2.75) is 45.1 Å². The normalized spacial score (nSPS) is 17.2. The highest BCUT2D eigenvalue weighted by molar-refractivity contribution is 7.92. The number of rotatable bonds is 10. The van der Waals surface area contributed by atoms with Gasteiger partial charge < -0.3 is 14.8 Å². The van der Waals surface area contributed by atoms with Gasteiger partial charge in [0, 0.05) is 11.6 Å². The third-order valence-electron chi connectivity index (χ3n) is 4.07. The summed E-state index contributed by atoms with van der Waals surface area (Å²) >= 11 is 6.00. The molecule has 1 unspecified atom stereocenters. The third kappa shape index (κ3) is 7.13. The number of nitrogens with one attached hydrogen (secondary N) is 1. The second-order valence-electron chi connectivity index (χ2n) is 6.43. The summed E-state index contributed by atoms with van der Waals surface area (Å²) in [6, 6.07) is 4.86. The molecule has 1 aliphatic heterocycles. The summed E-state index contributed by atoms with van der Waals surface area (Å²) in [7, 11) is -3.43. The van der Waals surface area contributed by atoms with Gasteiger partial charge in [0.2, 0.25) is 5.91 Å². The van der Waals surface area contributed by atoms with Crippen molar-refractivity contribution in [2.24, 2.45) is 0 Å². The van der Waals surface area contributed by atoms with Gasteiger partial charge in [-0.1, -0.05) is 31.4 Å². The molecule has 26 heavy (non-hydrogen) atoms. The molecule has 1 heterocycles. The first kappa shape index (κ1) is 21.0. The lowest BCUT2D eigenvalue weighted by molar-refractivity contribution is -0.113. The van der Waals surface area contributed by atoms with Crippen molar-refractivity contribution in [2.75, 3.05) is 30.0 Å². The van der Waals surface area contributed by atoms with E-state index in [-0.39, 0.29) is 11.9 Å². The number of carbonyl (C=O) groups excluding carboxylic acids is 1. The molecule has 1 amide bonds. The van der Waals surface area contributed by atoms with Crippen LogP contribution in [0.3, 0.4) is 0 Å². The van der Waals surface area contributed by atoms with Gasteiger partial charge in [-0.3, -0.25) is 4.79 Å². The molecule has 1 N–H and O–H groups in total. The number of hydrogen-bond donors (Lipinski definition) is 1. The summed E-state index contributed by atoms with van der Waals surface area (Å²) < 4.78 is 35.3. The van der Waals surface area contributed by atoms with Gasteiger partial charge in [0.15, 0.2) is 9.84 Å². The minimum Gasteiger partial charge on any atom is -0.489 e. The van der Waals surface area contributed by atoms with Gasteiger partial charge in [-0.25, -0.2) is 8.42 Å². The molecule has 1 atom stereocenters.